The molecule has 1 saturated carbocycles. The molecule has 0 bridgehead atoms. The summed E-state index contributed by atoms with van der Waals surface area (Å²) in [5, 5.41) is 6.82. The molecule has 2 nitrogen and oxygen atoms in total. The molecule has 1 aromatic rings. The third-order valence-corrected chi connectivity index (χ3v) is 3.82. The molecule has 1 aliphatic carbocycles. The van der Waals surface area contributed by atoms with E-state index >= 15 is 0 Å². The molecule has 1 heterocycles. The van der Waals surface area contributed by atoms with Crippen molar-refractivity contribution in [3.05, 3.63) is 21.3 Å². The average molecular weight is 231 g/mol. The maximum Gasteiger partial charge on any atom is 0.0931 e. The van der Waals surface area contributed by atoms with E-state index in [0.29, 0.717) is 6.04 Å². The second-order valence-electron chi connectivity index (χ2n) is 3.67. The molecule has 4 heteroatoms. The fourth-order valence-corrected chi connectivity index (χ4v) is 2.60. The molecule has 1 aliphatic rings. The zero-order valence-electron chi connectivity index (χ0n) is 8.22. The summed E-state index contributed by atoms with van der Waals surface area (Å²) in [6.07, 6.45) is 2.67. The molecule has 78 valence electrons. The Morgan fingerprint density at radius 2 is 2.36 bits per heavy atom. The zero-order valence-corrected chi connectivity index (χ0v) is 9.79. The number of thiophene rings is 1. The van der Waals surface area contributed by atoms with Gasteiger partial charge in [-0.15, -0.1) is 11.3 Å². The highest BCUT2D eigenvalue weighted by molar-refractivity contribution is 7.16. The minimum atomic E-state index is 0.396. The molecule has 2 N–H and O–H groups in total. The predicted octanol–water partition coefficient (Wildman–Crippen LogP) is 2.41. The normalized spacial score (nSPS) is 18.4. The summed E-state index contributed by atoms with van der Waals surface area (Å²) in [5.74, 6) is 0. The Hall–Kier alpha value is -0.0900. The van der Waals surface area contributed by atoms with Gasteiger partial charge in [0.25, 0.3) is 0 Å². The maximum absolute atomic E-state index is 5.91. The predicted molar refractivity (Wildman–Crippen MR) is 62.2 cm³/mol. The van der Waals surface area contributed by atoms with Gasteiger partial charge < -0.3 is 10.6 Å². The van der Waals surface area contributed by atoms with Crippen molar-refractivity contribution >= 4 is 22.9 Å². The highest BCUT2D eigenvalue weighted by Gasteiger charge is 2.22. The van der Waals surface area contributed by atoms with Crippen LogP contribution in [0.15, 0.2) is 12.1 Å². The van der Waals surface area contributed by atoms with Gasteiger partial charge in [-0.2, -0.15) is 0 Å². The first-order chi connectivity index (χ1) is 6.79. The van der Waals surface area contributed by atoms with Crippen molar-refractivity contribution in [2.45, 2.75) is 24.9 Å². The minimum absolute atomic E-state index is 0.396. The molecule has 1 unspecified atom stereocenters. The van der Waals surface area contributed by atoms with E-state index in [9.17, 15) is 0 Å². The van der Waals surface area contributed by atoms with E-state index in [1.165, 1.54) is 17.7 Å². The van der Waals surface area contributed by atoms with Crippen molar-refractivity contribution in [3.63, 3.8) is 0 Å². The van der Waals surface area contributed by atoms with Crippen LogP contribution in [0.3, 0.4) is 0 Å². The Kier molecular flexibility index (Phi) is 3.44. The summed E-state index contributed by atoms with van der Waals surface area (Å²) in [7, 11) is 1.99. The van der Waals surface area contributed by atoms with Crippen LogP contribution in [0.2, 0.25) is 4.34 Å². The Morgan fingerprint density at radius 1 is 1.57 bits per heavy atom. The summed E-state index contributed by atoms with van der Waals surface area (Å²) in [6.45, 7) is 0.998. The number of likely N-dealkylation sites (N-methyl/N-ethyl adjacent to an activating group) is 1. The van der Waals surface area contributed by atoms with Crippen LogP contribution >= 0.6 is 22.9 Å². The Labute approximate surface area is 93.7 Å². The van der Waals surface area contributed by atoms with Crippen LogP contribution in [0.25, 0.3) is 0 Å². The van der Waals surface area contributed by atoms with Gasteiger partial charge in [0.15, 0.2) is 0 Å². The first-order valence-corrected chi connectivity index (χ1v) is 6.15. The lowest BCUT2D eigenvalue weighted by atomic mass is 10.2. The van der Waals surface area contributed by atoms with Gasteiger partial charge in [-0.25, -0.2) is 0 Å². The van der Waals surface area contributed by atoms with Crippen LogP contribution in [-0.2, 0) is 0 Å². The van der Waals surface area contributed by atoms with Crippen molar-refractivity contribution in [3.8, 4) is 0 Å². The highest BCUT2D eigenvalue weighted by atomic mass is 35.5. The van der Waals surface area contributed by atoms with E-state index in [-0.39, 0.29) is 0 Å². The van der Waals surface area contributed by atoms with Gasteiger partial charge in [0.1, 0.15) is 0 Å². The van der Waals surface area contributed by atoms with Crippen LogP contribution in [-0.4, -0.2) is 19.6 Å². The minimum Gasteiger partial charge on any atom is -0.312 e. The van der Waals surface area contributed by atoms with Crippen molar-refractivity contribution in [2.24, 2.45) is 0 Å². The largest absolute Gasteiger partial charge is 0.312 e. The van der Waals surface area contributed by atoms with Crippen molar-refractivity contribution in [1.29, 1.82) is 0 Å². The van der Waals surface area contributed by atoms with Crippen LogP contribution < -0.4 is 10.6 Å². The zero-order chi connectivity index (χ0) is 9.97. The van der Waals surface area contributed by atoms with E-state index in [2.05, 4.69) is 16.7 Å². The van der Waals surface area contributed by atoms with Crippen LogP contribution in [0.5, 0.6) is 0 Å². The standard InChI is InChI=1S/C10H15ClN2S/c1-12-8(6-13-7-2-3-7)9-4-5-10(11)14-9/h4-5,7-8,12-13H,2-3,6H2,1H3. The summed E-state index contributed by atoms with van der Waals surface area (Å²) in [5.41, 5.74) is 0. The molecule has 1 atom stereocenters. The van der Waals surface area contributed by atoms with Crippen molar-refractivity contribution in [2.75, 3.05) is 13.6 Å². The molecule has 0 aliphatic heterocycles. The van der Waals surface area contributed by atoms with E-state index < -0.39 is 0 Å². The van der Waals surface area contributed by atoms with E-state index in [0.717, 1.165) is 16.9 Å². The third kappa shape index (κ3) is 2.70. The summed E-state index contributed by atoms with van der Waals surface area (Å²) >= 11 is 7.56. The summed E-state index contributed by atoms with van der Waals surface area (Å²) in [6, 6.07) is 5.22. The van der Waals surface area contributed by atoms with Gasteiger partial charge in [0.05, 0.1) is 10.4 Å². The molecule has 0 saturated heterocycles. The molecular formula is C10H15ClN2S. The first-order valence-electron chi connectivity index (χ1n) is 4.95. The highest BCUT2D eigenvalue weighted by Crippen LogP contribution is 2.27. The number of nitrogens with one attached hydrogen (secondary N) is 2. The van der Waals surface area contributed by atoms with Crippen molar-refractivity contribution in [1.82, 2.24) is 10.6 Å². The number of halogens is 1. The lowest BCUT2D eigenvalue weighted by molar-refractivity contribution is 0.533. The van der Waals surface area contributed by atoms with Gasteiger partial charge in [-0.05, 0) is 32.0 Å². The Balaban J connectivity index is 1.90. The lowest BCUT2D eigenvalue weighted by Crippen LogP contribution is -2.30. The molecule has 0 spiro atoms. The van der Waals surface area contributed by atoms with E-state index in [1.807, 2.05) is 13.1 Å². The second kappa shape index (κ2) is 4.62. The van der Waals surface area contributed by atoms with Gasteiger partial charge >= 0.3 is 0 Å². The molecular weight excluding hydrogens is 216 g/mol. The van der Waals surface area contributed by atoms with E-state index in [1.54, 1.807) is 11.3 Å². The second-order valence-corrected chi connectivity index (χ2v) is 5.41. The monoisotopic (exact) mass is 230 g/mol. The van der Waals surface area contributed by atoms with Crippen LogP contribution in [0.1, 0.15) is 23.8 Å². The molecule has 0 radical (unpaired) electrons. The van der Waals surface area contributed by atoms with Gasteiger partial charge in [0, 0.05) is 17.5 Å². The fraction of sp³-hybridized carbons (Fsp3) is 0.600. The number of hydrogen-bond donors (Lipinski definition) is 2. The lowest BCUT2D eigenvalue weighted by Gasteiger charge is -2.14. The smallest absolute Gasteiger partial charge is 0.0931 e. The number of hydrogen-bond acceptors (Lipinski definition) is 3. The topological polar surface area (TPSA) is 24.1 Å². The molecule has 14 heavy (non-hydrogen) atoms. The average Bonchev–Trinajstić information content (AvgIpc) is 2.90. The molecule has 1 fully saturated rings. The van der Waals surface area contributed by atoms with Crippen molar-refractivity contribution < 1.29 is 0 Å². The first kappa shape index (κ1) is 10.4. The van der Waals surface area contributed by atoms with Gasteiger partial charge in [-0.1, -0.05) is 11.6 Å². The summed E-state index contributed by atoms with van der Waals surface area (Å²) in [4.78, 5) is 1.31. The third-order valence-electron chi connectivity index (χ3n) is 2.47. The SMILES string of the molecule is CNC(CNC1CC1)c1ccc(Cl)s1. The van der Waals surface area contributed by atoms with Crippen LogP contribution in [0.4, 0.5) is 0 Å². The Bertz CT molecular complexity index is 296. The maximum atomic E-state index is 5.91. The quantitative estimate of drug-likeness (QED) is 0.812. The van der Waals surface area contributed by atoms with Gasteiger partial charge in [0.2, 0.25) is 0 Å². The number of rotatable bonds is 5. The molecule has 0 aromatic carbocycles. The summed E-state index contributed by atoms with van der Waals surface area (Å²) < 4.78 is 0.867. The molecule has 1 aromatic heterocycles. The van der Waals surface area contributed by atoms with E-state index in [4.69, 9.17) is 11.6 Å². The molecule has 2 rings (SSSR count). The van der Waals surface area contributed by atoms with Crippen LogP contribution in [0, 0.1) is 0 Å². The Morgan fingerprint density at radius 3 is 2.86 bits per heavy atom. The van der Waals surface area contributed by atoms with Gasteiger partial charge in [-0.3, -0.25) is 0 Å². The molecule has 0 amide bonds. The fourth-order valence-electron chi connectivity index (χ4n) is 1.43.